The van der Waals surface area contributed by atoms with E-state index in [2.05, 4.69) is 58.1 Å². The highest BCUT2D eigenvalue weighted by molar-refractivity contribution is 5.97. The van der Waals surface area contributed by atoms with Gasteiger partial charge in [0.2, 0.25) is 0 Å². The standard InChI is InChI=1S/C28H32N4O3/c1-2-19-7-3-8-20-9-4-10-23(24(19)20)31-16-11-21-22(17-31)29-27(30-25(21)26(33)34)35-18-28-12-5-14-32(28)15-6-13-28/h3-4,7-10H,2,5-6,11-18H2,1H3,(H,33,34). The van der Waals surface area contributed by atoms with Crippen LogP contribution in [0, 0.1) is 0 Å². The monoisotopic (exact) mass is 472 g/mol. The fourth-order valence-electron chi connectivity index (χ4n) is 6.47. The fraction of sp³-hybridized carbons (Fsp3) is 0.464. The lowest BCUT2D eigenvalue weighted by molar-refractivity contribution is 0.0684. The number of hydrogen-bond donors (Lipinski definition) is 1. The molecular formula is C28H32N4O3. The Morgan fingerprint density at radius 3 is 2.60 bits per heavy atom. The summed E-state index contributed by atoms with van der Waals surface area (Å²) in [6, 6.07) is 13.1. The molecule has 7 nitrogen and oxygen atoms in total. The van der Waals surface area contributed by atoms with E-state index in [0.29, 0.717) is 19.6 Å². The Morgan fingerprint density at radius 2 is 1.86 bits per heavy atom. The van der Waals surface area contributed by atoms with Crippen LogP contribution in [0.4, 0.5) is 5.69 Å². The first-order valence-corrected chi connectivity index (χ1v) is 12.8. The smallest absolute Gasteiger partial charge is 0.355 e. The molecule has 1 N–H and O–H groups in total. The minimum Gasteiger partial charge on any atom is -0.476 e. The van der Waals surface area contributed by atoms with Crippen LogP contribution in [0.1, 0.15) is 59.9 Å². The fourth-order valence-corrected chi connectivity index (χ4v) is 6.47. The number of nitrogens with zero attached hydrogens (tertiary/aromatic N) is 4. The van der Waals surface area contributed by atoms with Crippen LogP contribution >= 0.6 is 0 Å². The first-order valence-electron chi connectivity index (χ1n) is 12.8. The summed E-state index contributed by atoms with van der Waals surface area (Å²) < 4.78 is 6.15. The second kappa shape index (κ2) is 8.79. The Hall–Kier alpha value is -3.19. The molecule has 2 saturated heterocycles. The van der Waals surface area contributed by atoms with E-state index in [1.165, 1.54) is 34.9 Å². The van der Waals surface area contributed by atoms with Gasteiger partial charge in [0.1, 0.15) is 6.61 Å². The topological polar surface area (TPSA) is 78.8 Å². The number of rotatable bonds is 6. The maximum absolute atomic E-state index is 12.1. The zero-order valence-corrected chi connectivity index (χ0v) is 20.3. The minimum atomic E-state index is -1.01. The lowest BCUT2D eigenvalue weighted by Crippen LogP contribution is -2.43. The number of ether oxygens (including phenoxy) is 1. The van der Waals surface area contributed by atoms with E-state index >= 15 is 0 Å². The molecule has 0 bridgehead atoms. The first-order chi connectivity index (χ1) is 17.1. The van der Waals surface area contributed by atoms with Crippen LogP contribution in [0.15, 0.2) is 36.4 Å². The van der Waals surface area contributed by atoms with Crippen molar-refractivity contribution in [3.63, 3.8) is 0 Å². The summed E-state index contributed by atoms with van der Waals surface area (Å²) in [5.74, 6) is -1.01. The van der Waals surface area contributed by atoms with Crippen molar-refractivity contribution < 1.29 is 14.6 Å². The molecular weight excluding hydrogens is 440 g/mol. The van der Waals surface area contributed by atoms with Crippen LogP contribution in [-0.2, 0) is 19.4 Å². The average molecular weight is 473 g/mol. The van der Waals surface area contributed by atoms with E-state index in [0.717, 1.165) is 50.2 Å². The van der Waals surface area contributed by atoms with Crippen molar-refractivity contribution in [2.45, 2.75) is 57.5 Å². The number of aryl methyl sites for hydroxylation is 1. The number of anilines is 1. The van der Waals surface area contributed by atoms with Gasteiger partial charge in [-0.2, -0.15) is 9.97 Å². The van der Waals surface area contributed by atoms with Gasteiger partial charge in [-0.3, -0.25) is 4.90 Å². The molecule has 3 aromatic rings. The molecule has 0 radical (unpaired) electrons. The highest BCUT2D eigenvalue weighted by Gasteiger charge is 2.45. The second-order valence-corrected chi connectivity index (χ2v) is 10.1. The lowest BCUT2D eigenvalue weighted by atomic mass is 9.95. The van der Waals surface area contributed by atoms with Crippen LogP contribution in [0.5, 0.6) is 6.01 Å². The molecule has 3 aliphatic heterocycles. The molecule has 0 unspecified atom stereocenters. The molecule has 0 saturated carbocycles. The maximum Gasteiger partial charge on any atom is 0.355 e. The zero-order valence-electron chi connectivity index (χ0n) is 20.3. The van der Waals surface area contributed by atoms with Gasteiger partial charge < -0.3 is 14.7 Å². The number of aromatic nitrogens is 2. The lowest BCUT2D eigenvalue weighted by Gasteiger charge is -2.33. The van der Waals surface area contributed by atoms with Crippen molar-refractivity contribution in [3.05, 3.63) is 58.9 Å². The third-order valence-electron chi connectivity index (χ3n) is 8.22. The van der Waals surface area contributed by atoms with Gasteiger partial charge in [-0.15, -0.1) is 0 Å². The van der Waals surface area contributed by atoms with Gasteiger partial charge >= 0.3 is 12.0 Å². The summed E-state index contributed by atoms with van der Waals surface area (Å²) >= 11 is 0. The predicted octanol–water partition coefficient (Wildman–Crippen LogP) is 4.46. The van der Waals surface area contributed by atoms with E-state index in [4.69, 9.17) is 9.72 Å². The molecule has 4 heterocycles. The van der Waals surface area contributed by atoms with Gasteiger partial charge in [-0.05, 0) is 68.6 Å². The molecule has 0 aliphatic carbocycles. The van der Waals surface area contributed by atoms with Crippen LogP contribution in [0.3, 0.4) is 0 Å². The third-order valence-corrected chi connectivity index (χ3v) is 8.22. The summed E-state index contributed by atoms with van der Waals surface area (Å²) in [6.07, 6.45) is 6.18. The third kappa shape index (κ3) is 3.82. The van der Waals surface area contributed by atoms with E-state index in [9.17, 15) is 9.90 Å². The van der Waals surface area contributed by atoms with Gasteiger partial charge in [0.05, 0.1) is 17.8 Å². The number of benzene rings is 2. The van der Waals surface area contributed by atoms with Crippen molar-refractivity contribution in [2.24, 2.45) is 0 Å². The van der Waals surface area contributed by atoms with E-state index in [1.807, 2.05) is 0 Å². The van der Waals surface area contributed by atoms with Crippen molar-refractivity contribution in [2.75, 3.05) is 31.1 Å². The molecule has 6 rings (SSSR count). The van der Waals surface area contributed by atoms with Crippen molar-refractivity contribution in [1.29, 1.82) is 0 Å². The van der Waals surface area contributed by atoms with Gasteiger partial charge in [0, 0.05) is 23.2 Å². The molecule has 35 heavy (non-hydrogen) atoms. The molecule has 3 aliphatic rings. The quantitative estimate of drug-likeness (QED) is 0.567. The van der Waals surface area contributed by atoms with Crippen molar-refractivity contribution in [1.82, 2.24) is 14.9 Å². The summed E-state index contributed by atoms with van der Waals surface area (Å²) in [7, 11) is 0. The number of carboxylic acids is 1. The Morgan fingerprint density at radius 1 is 1.09 bits per heavy atom. The molecule has 0 amide bonds. The maximum atomic E-state index is 12.1. The molecule has 1 aromatic heterocycles. The number of fused-ring (bicyclic) bond motifs is 3. The molecule has 2 aromatic carbocycles. The zero-order chi connectivity index (χ0) is 24.0. The predicted molar refractivity (Wildman–Crippen MR) is 135 cm³/mol. The summed E-state index contributed by atoms with van der Waals surface area (Å²) in [6.45, 7) is 6.22. The SMILES string of the molecule is CCc1cccc2cccc(N3CCc4c(nc(OCC56CCCN5CCC6)nc4C(=O)O)C3)c12. The summed E-state index contributed by atoms with van der Waals surface area (Å²) in [4.78, 5) is 26.1. The molecule has 182 valence electrons. The Kier molecular flexibility index (Phi) is 5.60. The number of aromatic carboxylic acids is 1. The van der Waals surface area contributed by atoms with E-state index in [-0.39, 0.29) is 17.2 Å². The second-order valence-electron chi connectivity index (χ2n) is 10.1. The number of hydrogen-bond acceptors (Lipinski definition) is 6. The Balaban J connectivity index is 1.33. The molecule has 0 atom stereocenters. The van der Waals surface area contributed by atoms with E-state index in [1.54, 1.807) is 0 Å². The first kappa shape index (κ1) is 22.3. The highest BCUT2D eigenvalue weighted by atomic mass is 16.5. The van der Waals surface area contributed by atoms with Crippen LogP contribution in [0.2, 0.25) is 0 Å². The summed E-state index contributed by atoms with van der Waals surface area (Å²) in [5, 5.41) is 12.4. The Labute approximate surface area is 205 Å². The molecule has 2 fully saturated rings. The minimum absolute atomic E-state index is 0.0637. The van der Waals surface area contributed by atoms with Gasteiger partial charge in [-0.1, -0.05) is 37.3 Å². The van der Waals surface area contributed by atoms with E-state index < -0.39 is 5.97 Å². The van der Waals surface area contributed by atoms with Crippen molar-refractivity contribution >= 4 is 22.4 Å². The van der Waals surface area contributed by atoms with Crippen LogP contribution in [0.25, 0.3) is 10.8 Å². The highest BCUT2D eigenvalue weighted by Crippen LogP contribution is 2.39. The largest absolute Gasteiger partial charge is 0.476 e. The van der Waals surface area contributed by atoms with Crippen LogP contribution in [-0.4, -0.2) is 57.7 Å². The van der Waals surface area contributed by atoms with Crippen molar-refractivity contribution in [3.8, 4) is 6.01 Å². The normalized spacial score (nSPS) is 19.1. The van der Waals surface area contributed by atoms with Gasteiger partial charge in [0.25, 0.3) is 0 Å². The number of carbonyl (C=O) groups is 1. The average Bonchev–Trinajstić information content (AvgIpc) is 3.46. The summed E-state index contributed by atoms with van der Waals surface area (Å²) in [5.41, 5.74) is 4.14. The van der Waals surface area contributed by atoms with Gasteiger partial charge in [-0.25, -0.2) is 4.79 Å². The van der Waals surface area contributed by atoms with Gasteiger partial charge in [0.15, 0.2) is 5.69 Å². The molecule has 7 heteroatoms. The van der Waals surface area contributed by atoms with Crippen LogP contribution < -0.4 is 9.64 Å². The Bertz CT molecular complexity index is 1280. The number of carboxylic acid groups (broad SMARTS) is 1. The molecule has 0 spiro atoms.